The topological polar surface area (TPSA) is 141 Å². The number of nitrogens with two attached hydrogens (primary N) is 1. The third-order valence-electron chi connectivity index (χ3n) is 2.66. The van der Waals surface area contributed by atoms with Crippen molar-refractivity contribution in [2.75, 3.05) is 13.7 Å². The van der Waals surface area contributed by atoms with Crippen LogP contribution in [0.1, 0.15) is 36.1 Å². The van der Waals surface area contributed by atoms with Gasteiger partial charge in [0.25, 0.3) is 5.91 Å². The number of carbonyl (C=O) groups is 3. The number of amides is 3. The Labute approximate surface area is 121 Å². The number of ether oxygens (including phenoxy) is 1. The highest BCUT2D eigenvalue weighted by Gasteiger charge is 2.26. The van der Waals surface area contributed by atoms with Gasteiger partial charge in [-0.3, -0.25) is 10.1 Å². The van der Waals surface area contributed by atoms with Crippen LogP contribution in [-0.4, -0.2) is 46.6 Å². The van der Waals surface area contributed by atoms with Gasteiger partial charge >= 0.3 is 12.0 Å². The second kappa shape index (κ2) is 7.33. The first kappa shape index (κ1) is 16.6. The smallest absolute Gasteiger partial charge is 0.360 e. The number of nitrogens with one attached hydrogen (secondary N) is 2. The van der Waals surface area contributed by atoms with Gasteiger partial charge in [-0.15, -0.1) is 5.10 Å². The van der Waals surface area contributed by atoms with Gasteiger partial charge < -0.3 is 15.8 Å². The van der Waals surface area contributed by atoms with Crippen molar-refractivity contribution >= 4 is 17.9 Å². The molecule has 0 bridgehead atoms. The lowest BCUT2D eigenvalue weighted by atomic mass is 10.2. The molecule has 10 heteroatoms. The summed E-state index contributed by atoms with van der Waals surface area (Å²) in [6, 6.07) is -1.51. The van der Waals surface area contributed by atoms with Gasteiger partial charge in [-0.1, -0.05) is 5.21 Å². The summed E-state index contributed by atoms with van der Waals surface area (Å²) in [5.74, 6) is -1.27. The lowest BCUT2D eigenvalue weighted by Crippen LogP contribution is -2.41. The fraction of sp³-hybridized carbons (Fsp3) is 0.545. The molecule has 1 rings (SSSR count). The van der Waals surface area contributed by atoms with Crippen molar-refractivity contribution in [2.45, 2.75) is 26.4 Å². The molecule has 3 amide bonds. The van der Waals surface area contributed by atoms with Crippen molar-refractivity contribution in [2.24, 2.45) is 5.73 Å². The Balaban J connectivity index is 3.00. The highest BCUT2D eigenvalue weighted by atomic mass is 16.5. The van der Waals surface area contributed by atoms with E-state index in [1.54, 1.807) is 6.92 Å². The van der Waals surface area contributed by atoms with E-state index in [-0.39, 0.29) is 24.5 Å². The SMILES string of the molecule is CCOC(=O)c1nnn(C(C)C(=O)NC(=O)NC)c1CN. The quantitative estimate of drug-likeness (QED) is 0.587. The van der Waals surface area contributed by atoms with E-state index in [1.807, 2.05) is 0 Å². The Morgan fingerprint density at radius 1 is 1.43 bits per heavy atom. The van der Waals surface area contributed by atoms with E-state index in [4.69, 9.17) is 10.5 Å². The molecule has 21 heavy (non-hydrogen) atoms. The summed E-state index contributed by atoms with van der Waals surface area (Å²) in [6.07, 6.45) is 0. The minimum Gasteiger partial charge on any atom is -0.461 e. The first-order valence-electron chi connectivity index (χ1n) is 6.30. The molecule has 0 aliphatic heterocycles. The second-order valence-electron chi connectivity index (χ2n) is 4.00. The van der Waals surface area contributed by atoms with Gasteiger partial charge in [-0.25, -0.2) is 14.3 Å². The Kier molecular flexibility index (Phi) is 5.79. The number of rotatable bonds is 5. The summed E-state index contributed by atoms with van der Waals surface area (Å²) in [4.78, 5) is 34.7. The molecule has 0 saturated carbocycles. The second-order valence-corrected chi connectivity index (χ2v) is 4.00. The Morgan fingerprint density at radius 2 is 2.10 bits per heavy atom. The zero-order valence-electron chi connectivity index (χ0n) is 12.0. The molecule has 0 radical (unpaired) electrons. The minimum absolute atomic E-state index is 0.0426. The summed E-state index contributed by atoms with van der Waals surface area (Å²) in [6.45, 7) is 3.28. The van der Waals surface area contributed by atoms with Crippen LogP contribution in [0.25, 0.3) is 0 Å². The number of hydrogen-bond acceptors (Lipinski definition) is 7. The van der Waals surface area contributed by atoms with E-state index < -0.39 is 23.9 Å². The molecule has 0 fully saturated rings. The van der Waals surface area contributed by atoms with Gasteiger partial charge in [-0.2, -0.15) is 0 Å². The third-order valence-corrected chi connectivity index (χ3v) is 2.66. The number of carbonyl (C=O) groups excluding carboxylic acids is 3. The molecular weight excluding hydrogens is 280 g/mol. The molecule has 4 N–H and O–H groups in total. The lowest BCUT2D eigenvalue weighted by Gasteiger charge is -2.13. The number of aromatic nitrogens is 3. The first-order valence-corrected chi connectivity index (χ1v) is 6.30. The maximum absolute atomic E-state index is 11.9. The van der Waals surface area contributed by atoms with Crippen LogP contribution in [0.4, 0.5) is 4.79 Å². The zero-order chi connectivity index (χ0) is 16.0. The molecule has 0 spiro atoms. The fourth-order valence-corrected chi connectivity index (χ4v) is 1.56. The Hall–Kier alpha value is -2.49. The third kappa shape index (κ3) is 3.75. The minimum atomic E-state index is -0.864. The largest absolute Gasteiger partial charge is 0.461 e. The molecule has 1 heterocycles. The van der Waals surface area contributed by atoms with Crippen molar-refractivity contribution in [3.8, 4) is 0 Å². The first-order chi connectivity index (χ1) is 9.96. The molecule has 0 aliphatic rings. The van der Waals surface area contributed by atoms with E-state index >= 15 is 0 Å². The van der Waals surface area contributed by atoms with Gasteiger partial charge in [0.05, 0.1) is 12.3 Å². The average Bonchev–Trinajstić information content (AvgIpc) is 2.90. The van der Waals surface area contributed by atoms with Crippen LogP contribution in [0.5, 0.6) is 0 Å². The van der Waals surface area contributed by atoms with E-state index in [0.29, 0.717) is 0 Å². The van der Waals surface area contributed by atoms with Crippen LogP contribution >= 0.6 is 0 Å². The van der Waals surface area contributed by atoms with E-state index in [1.165, 1.54) is 18.7 Å². The molecule has 1 atom stereocenters. The fourth-order valence-electron chi connectivity index (χ4n) is 1.56. The van der Waals surface area contributed by atoms with E-state index in [2.05, 4.69) is 20.9 Å². The Morgan fingerprint density at radius 3 is 2.62 bits per heavy atom. The summed E-state index contributed by atoms with van der Waals surface area (Å²) in [5, 5.41) is 11.8. The van der Waals surface area contributed by atoms with Crippen LogP contribution in [0, 0.1) is 0 Å². The normalized spacial score (nSPS) is 11.6. The van der Waals surface area contributed by atoms with Crippen LogP contribution in [0.2, 0.25) is 0 Å². The van der Waals surface area contributed by atoms with Crippen LogP contribution in [0.15, 0.2) is 0 Å². The monoisotopic (exact) mass is 298 g/mol. The maximum atomic E-state index is 11.9. The number of imide groups is 1. The molecule has 0 aromatic carbocycles. The maximum Gasteiger partial charge on any atom is 0.360 e. The van der Waals surface area contributed by atoms with Crippen molar-refractivity contribution in [3.05, 3.63) is 11.4 Å². The number of esters is 1. The predicted molar refractivity (Wildman–Crippen MR) is 71.2 cm³/mol. The molecular formula is C11H18N6O4. The van der Waals surface area contributed by atoms with Crippen LogP contribution < -0.4 is 16.4 Å². The Bertz CT molecular complexity index is 541. The highest BCUT2D eigenvalue weighted by Crippen LogP contribution is 2.13. The number of hydrogen-bond donors (Lipinski definition) is 3. The molecule has 1 aromatic heterocycles. The van der Waals surface area contributed by atoms with E-state index in [9.17, 15) is 14.4 Å². The number of urea groups is 1. The molecule has 0 saturated heterocycles. The highest BCUT2D eigenvalue weighted by molar-refractivity contribution is 5.96. The molecule has 0 aliphatic carbocycles. The van der Waals surface area contributed by atoms with Gasteiger partial charge in [-0.05, 0) is 13.8 Å². The van der Waals surface area contributed by atoms with Crippen molar-refractivity contribution in [3.63, 3.8) is 0 Å². The molecule has 10 nitrogen and oxygen atoms in total. The number of nitrogens with zero attached hydrogens (tertiary/aromatic N) is 3. The van der Waals surface area contributed by atoms with Crippen molar-refractivity contribution in [1.82, 2.24) is 25.6 Å². The van der Waals surface area contributed by atoms with Crippen LogP contribution in [-0.2, 0) is 16.1 Å². The lowest BCUT2D eigenvalue weighted by molar-refractivity contribution is -0.123. The van der Waals surface area contributed by atoms with Crippen molar-refractivity contribution < 1.29 is 19.1 Å². The summed E-state index contributed by atoms with van der Waals surface area (Å²) < 4.78 is 6.02. The molecule has 116 valence electrons. The van der Waals surface area contributed by atoms with Crippen molar-refractivity contribution in [1.29, 1.82) is 0 Å². The molecule has 1 aromatic rings. The zero-order valence-corrected chi connectivity index (χ0v) is 12.0. The van der Waals surface area contributed by atoms with Gasteiger partial charge in [0.15, 0.2) is 5.69 Å². The van der Waals surface area contributed by atoms with Gasteiger partial charge in [0, 0.05) is 13.6 Å². The summed E-state index contributed by atoms with van der Waals surface area (Å²) in [5.41, 5.74) is 5.79. The van der Waals surface area contributed by atoms with Gasteiger partial charge in [0.1, 0.15) is 6.04 Å². The molecule has 1 unspecified atom stereocenters. The average molecular weight is 298 g/mol. The summed E-state index contributed by atoms with van der Waals surface area (Å²) >= 11 is 0. The van der Waals surface area contributed by atoms with Crippen LogP contribution in [0.3, 0.4) is 0 Å². The van der Waals surface area contributed by atoms with E-state index in [0.717, 1.165) is 0 Å². The standard InChI is InChI=1S/C11H18N6O4/c1-4-21-10(19)8-7(5-12)17(16-15-8)6(2)9(18)14-11(20)13-3/h6H,4-5,12H2,1-3H3,(H2,13,14,18,20). The predicted octanol–water partition coefficient (Wildman–Crippen LogP) is -1.07. The summed E-state index contributed by atoms with van der Waals surface area (Å²) in [7, 11) is 1.38. The van der Waals surface area contributed by atoms with Gasteiger partial charge in [0.2, 0.25) is 0 Å².